The van der Waals surface area contributed by atoms with E-state index in [9.17, 15) is 0 Å². The van der Waals surface area contributed by atoms with Crippen molar-refractivity contribution in [2.75, 3.05) is 6.54 Å². The molecule has 0 aromatic rings. The van der Waals surface area contributed by atoms with Crippen molar-refractivity contribution in [2.45, 2.75) is 38.7 Å². The minimum Gasteiger partial charge on any atom is -0.412 e. The Kier molecular flexibility index (Phi) is 7.51. The monoisotopic (exact) mass is 193 g/mol. The van der Waals surface area contributed by atoms with Gasteiger partial charge >= 0.3 is 0 Å². The van der Waals surface area contributed by atoms with Crippen molar-refractivity contribution in [1.82, 2.24) is 0 Å². The first-order valence-corrected chi connectivity index (χ1v) is 11.5. The van der Waals surface area contributed by atoms with Gasteiger partial charge in [0, 0.05) is 15.9 Å². The fourth-order valence-electron chi connectivity index (χ4n) is 0.857. The summed E-state index contributed by atoms with van der Waals surface area (Å²) in [6.45, 7) is 10.9. The zero-order valence-corrected chi connectivity index (χ0v) is 10.4. The van der Waals surface area contributed by atoms with Gasteiger partial charge in [0.1, 0.15) is 0 Å². The Bertz CT molecular complexity index is 92.9. The fourth-order valence-corrected chi connectivity index (χ4v) is 5.78. The molecule has 0 fully saturated rings. The van der Waals surface area contributed by atoms with Crippen LogP contribution in [0.1, 0.15) is 6.42 Å². The van der Waals surface area contributed by atoms with Crippen molar-refractivity contribution in [3.8, 4) is 0 Å². The molecule has 0 heterocycles. The lowest BCUT2D eigenvalue weighted by molar-refractivity contribution is 0.824. The first kappa shape index (κ1) is 13.9. The third-order valence-corrected chi connectivity index (χ3v) is 16.3. The predicted molar refractivity (Wildman–Crippen MR) is 58.5 cm³/mol. The van der Waals surface area contributed by atoms with E-state index in [-0.39, 0.29) is 13.8 Å². The van der Waals surface area contributed by atoms with Crippen LogP contribution in [0.15, 0.2) is 0 Å². The van der Waals surface area contributed by atoms with E-state index in [2.05, 4.69) is 26.2 Å². The molecule has 2 nitrogen and oxygen atoms in total. The largest absolute Gasteiger partial charge is 0.412 e. The maximum absolute atomic E-state index is 5.46. The summed E-state index contributed by atoms with van der Waals surface area (Å²) in [4.78, 5) is 0. The summed E-state index contributed by atoms with van der Waals surface area (Å²) in [7, 11) is -1.06. The lowest BCUT2D eigenvalue weighted by Crippen LogP contribution is -2.40. The molecule has 4 N–H and O–H groups in total. The Hall–Kier alpha value is 0.354. The Balaban J connectivity index is 0. The van der Waals surface area contributed by atoms with Crippen LogP contribution in [-0.4, -0.2) is 27.9 Å². The second-order valence-corrected chi connectivity index (χ2v) is 19.5. The van der Waals surface area contributed by atoms with E-state index in [1.54, 1.807) is 0 Å². The summed E-state index contributed by atoms with van der Waals surface area (Å²) in [5.41, 5.74) is 5.46. The van der Waals surface area contributed by atoms with Crippen LogP contribution in [0, 0.1) is 0 Å². The van der Waals surface area contributed by atoms with Gasteiger partial charge in [0.2, 0.25) is 0 Å². The predicted octanol–water partition coefficient (Wildman–Crippen LogP) is 0.784. The maximum atomic E-state index is 5.46. The molecule has 4 heteroatoms. The first-order chi connectivity index (χ1) is 4.48. The molecule has 0 saturated carbocycles. The van der Waals surface area contributed by atoms with E-state index in [4.69, 9.17) is 5.73 Å². The lowest BCUT2D eigenvalue weighted by atomic mass is 10.5. The zero-order valence-electron chi connectivity index (χ0n) is 8.28. The van der Waals surface area contributed by atoms with Gasteiger partial charge in [-0.05, 0) is 13.0 Å². The second-order valence-electron chi connectivity index (χ2n) is 4.20. The van der Waals surface area contributed by atoms with Crippen LogP contribution >= 0.6 is 0 Å². The second kappa shape index (κ2) is 5.94. The van der Waals surface area contributed by atoms with Gasteiger partial charge in [0.25, 0.3) is 0 Å². The van der Waals surface area contributed by atoms with E-state index >= 15 is 0 Å². The molecule has 1 atom stereocenters. The summed E-state index contributed by atoms with van der Waals surface area (Å²) in [5, 5.41) is 0. The minimum atomic E-state index is -0.715. The zero-order chi connectivity index (χ0) is 8.20. The number of hydrogen-bond acceptors (Lipinski definition) is 1. The molecule has 70 valence electrons. The molecule has 0 amide bonds. The van der Waals surface area contributed by atoms with Crippen molar-refractivity contribution in [3.63, 3.8) is 0 Å². The highest BCUT2D eigenvalue weighted by molar-refractivity contribution is 7.31. The highest BCUT2D eigenvalue weighted by Crippen LogP contribution is 2.11. The molecule has 0 rings (SSSR count). The highest BCUT2D eigenvalue weighted by atomic mass is 29.2. The lowest BCUT2D eigenvalue weighted by Gasteiger charge is -2.23. The van der Waals surface area contributed by atoms with Crippen LogP contribution in [0.3, 0.4) is 0 Å². The van der Waals surface area contributed by atoms with Gasteiger partial charge < -0.3 is 11.2 Å². The van der Waals surface area contributed by atoms with E-state index in [0.29, 0.717) is 0 Å². The van der Waals surface area contributed by atoms with Crippen molar-refractivity contribution in [2.24, 2.45) is 5.73 Å². The van der Waals surface area contributed by atoms with Crippen molar-refractivity contribution in [3.05, 3.63) is 0 Å². The Morgan fingerprint density at radius 2 is 1.73 bits per heavy atom. The minimum absolute atomic E-state index is 0. The van der Waals surface area contributed by atoms with E-state index in [1.165, 1.54) is 12.5 Å². The van der Waals surface area contributed by atoms with Crippen LogP contribution in [0.5, 0.6) is 0 Å². The van der Waals surface area contributed by atoms with Gasteiger partial charge in [-0.3, -0.25) is 0 Å². The molecule has 0 bridgehead atoms. The third-order valence-electron chi connectivity index (χ3n) is 2.32. The SMILES string of the molecule is C[SiH](CCCN)[Si](C)(C)C.O. The highest BCUT2D eigenvalue weighted by Gasteiger charge is 2.22. The van der Waals surface area contributed by atoms with E-state index in [1.807, 2.05) is 0 Å². The summed E-state index contributed by atoms with van der Waals surface area (Å²) >= 11 is 0. The van der Waals surface area contributed by atoms with Crippen LogP contribution in [0.4, 0.5) is 0 Å². The molecule has 0 aromatic heterocycles. The molecular weight excluding hydrogens is 170 g/mol. The summed E-state index contributed by atoms with van der Waals surface area (Å²) in [6.07, 6.45) is 1.26. The molecule has 0 aromatic carbocycles. The summed E-state index contributed by atoms with van der Waals surface area (Å²) < 4.78 is 0. The van der Waals surface area contributed by atoms with Crippen LogP contribution in [0.25, 0.3) is 0 Å². The summed E-state index contributed by atoms with van der Waals surface area (Å²) in [5.74, 6) is 0. The normalized spacial score (nSPS) is 13.9. The molecule has 0 saturated heterocycles. The van der Waals surface area contributed by atoms with Gasteiger partial charge in [0.05, 0.1) is 0 Å². The van der Waals surface area contributed by atoms with Gasteiger partial charge in [-0.25, -0.2) is 0 Å². The average Bonchev–Trinajstić information content (AvgIpc) is 1.80. The van der Waals surface area contributed by atoms with Gasteiger partial charge in [0.15, 0.2) is 0 Å². The smallest absolute Gasteiger partial charge is 0.0346 e. The first-order valence-electron chi connectivity index (χ1n) is 4.18. The third kappa shape index (κ3) is 6.74. The van der Waals surface area contributed by atoms with Crippen LogP contribution < -0.4 is 5.73 Å². The van der Waals surface area contributed by atoms with Gasteiger partial charge in [-0.1, -0.05) is 32.2 Å². The van der Waals surface area contributed by atoms with Crippen LogP contribution in [0.2, 0.25) is 32.2 Å². The molecule has 0 aliphatic rings. The molecule has 0 spiro atoms. The van der Waals surface area contributed by atoms with Gasteiger partial charge in [-0.15, -0.1) is 0 Å². The average molecular weight is 193 g/mol. The van der Waals surface area contributed by atoms with E-state index < -0.39 is 7.59 Å². The molecule has 0 aliphatic carbocycles. The van der Waals surface area contributed by atoms with Crippen molar-refractivity contribution >= 4 is 15.9 Å². The number of hydrogen-bond donors (Lipinski definition) is 1. The Labute approximate surface area is 72.9 Å². The van der Waals surface area contributed by atoms with Crippen molar-refractivity contribution in [1.29, 1.82) is 0 Å². The fraction of sp³-hybridized carbons (Fsp3) is 1.00. The maximum Gasteiger partial charge on any atom is 0.0346 e. The molecule has 1 unspecified atom stereocenters. The van der Waals surface area contributed by atoms with Crippen LogP contribution in [-0.2, 0) is 0 Å². The summed E-state index contributed by atoms with van der Waals surface area (Å²) in [6, 6.07) is 1.46. The molecule has 0 aliphatic heterocycles. The Morgan fingerprint density at radius 3 is 2.00 bits per heavy atom. The quantitative estimate of drug-likeness (QED) is 0.659. The number of rotatable bonds is 4. The van der Waals surface area contributed by atoms with Gasteiger partial charge in [-0.2, -0.15) is 0 Å². The van der Waals surface area contributed by atoms with Crippen molar-refractivity contribution < 1.29 is 5.48 Å². The van der Waals surface area contributed by atoms with E-state index in [0.717, 1.165) is 6.54 Å². The molecule has 11 heavy (non-hydrogen) atoms. The molecule has 0 radical (unpaired) electrons. The number of nitrogens with two attached hydrogens (primary N) is 1. The molecular formula is C7H23NOSi2. The topological polar surface area (TPSA) is 57.5 Å². The Morgan fingerprint density at radius 1 is 1.27 bits per heavy atom. The standard InChI is InChI=1S/C7H21NSi2.H2O/c1-9(7-5-6-8)10(2,3)4;/h9H,5-8H2,1-4H3;1H2.